The number of fused-ring (bicyclic) bond motifs is 1. The molecule has 4 rings (SSSR count). The van der Waals surface area contributed by atoms with Crippen LogP contribution in [0.4, 0.5) is 10.8 Å². The van der Waals surface area contributed by atoms with Crippen LogP contribution in [-0.2, 0) is 4.79 Å². The highest BCUT2D eigenvalue weighted by atomic mass is 32.1. The van der Waals surface area contributed by atoms with Gasteiger partial charge in [0.1, 0.15) is 5.69 Å². The van der Waals surface area contributed by atoms with Crippen molar-refractivity contribution in [3.05, 3.63) is 69.7 Å². The molecule has 2 heterocycles. The monoisotopic (exact) mass is 486 g/mol. The van der Waals surface area contributed by atoms with E-state index in [0.717, 1.165) is 4.70 Å². The largest absolute Gasteiger partial charge is 0.321 e. The summed E-state index contributed by atoms with van der Waals surface area (Å²) in [6, 6.07) is 14.2. The van der Waals surface area contributed by atoms with Crippen LogP contribution in [0.5, 0.6) is 0 Å². The Balaban J connectivity index is 1.56. The number of hydrogen-bond acceptors (Lipinski definition) is 8. The number of carbonyl (C=O) groups excluding carboxylic acids is 2. The second kappa shape index (κ2) is 9.79. The van der Waals surface area contributed by atoms with Crippen molar-refractivity contribution < 1.29 is 9.59 Å². The van der Waals surface area contributed by atoms with Crippen molar-refractivity contribution in [2.75, 3.05) is 10.6 Å². The maximum atomic E-state index is 13.2. The van der Waals surface area contributed by atoms with E-state index in [1.165, 1.54) is 28.7 Å². The summed E-state index contributed by atoms with van der Waals surface area (Å²) in [5, 5.41) is 26.4. The molecule has 0 spiro atoms. The first-order valence-corrected chi connectivity index (χ1v) is 12.0. The number of nitrogens with zero attached hydrogens (tertiary/aromatic N) is 4. The molecule has 1 atom stereocenters. The first-order chi connectivity index (χ1) is 16.4. The van der Waals surface area contributed by atoms with Gasteiger partial charge in [-0.3, -0.25) is 9.59 Å². The summed E-state index contributed by atoms with van der Waals surface area (Å²) >= 11 is 2.64. The summed E-state index contributed by atoms with van der Waals surface area (Å²) in [4.78, 5) is 33.9. The van der Waals surface area contributed by atoms with E-state index in [2.05, 4.69) is 20.6 Å². The molecule has 4 aromatic rings. The van der Waals surface area contributed by atoms with Gasteiger partial charge in [-0.15, -0.1) is 11.3 Å². The number of anilines is 2. The molecule has 0 saturated carbocycles. The summed E-state index contributed by atoms with van der Waals surface area (Å²) in [6.45, 7) is 3.82. The van der Waals surface area contributed by atoms with Crippen molar-refractivity contribution in [1.29, 1.82) is 10.5 Å². The third-order valence-electron chi connectivity index (χ3n) is 5.06. The molecular formula is C24H18N6O2S2. The fraction of sp³-hybridized carbons (Fsp3) is 0.167. The van der Waals surface area contributed by atoms with E-state index in [1.54, 1.807) is 41.2 Å². The molecule has 0 aliphatic rings. The van der Waals surface area contributed by atoms with Crippen molar-refractivity contribution in [2.24, 2.45) is 5.92 Å². The van der Waals surface area contributed by atoms with Crippen LogP contribution in [0.15, 0.2) is 47.3 Å². The topological polar surface area (TPSA) is 132 Å². The van der Waals surface area contributed by atoms with E-state index in [-0.39, 0.29) is 17.7 Å². The van der Waals surface area contributed by atoms with Crippen LogP contribution < -0.4 is 10.6 Å². The summed E-state index contributed by atoms with van der Waals surface area (Å²) in [5.41, 5.74) is 4.51. The number of carbonyl (C=O) groups is 2. The van der Waals surface area contributed by atoms with Gasteiger partial charge < -0.3 is 10.6 Å². The van der Waals surface area contributed by atoms with Gasteiger partial charge in [-0.05, 0) is 47.9 Å². The Morgan fingerprint density at radius 2 is 1.76 bits per heavy atom. The predicted octanol–water partition coefficient (Wildman–Crippen LogP) is 5.13. The molecule has 168 valence electrons. The van der Waals surface area contributed by atoms with Gasteiger partial charge in [-0.25, -0.2) is 9.97 Å². The van der Waals surface area contributed by atoms with Crippen LogP contribution >= 0.6 is 22.7 Å². The molecule has 0 aliphatic heterocycles. The molecule has 0 saturated heterocycles. The zero-order valence-electron chi connectivity index (χ0n) is 18.2. The Morgan fingerprint density at radius 1 is 1.03 bits per heavy atom. The van der Waals surface area contributed by atoms with Crippen molar-refractivity contribution in [1.82, 2.24) is 9.97 Å². The molecule has 10 heteroatoms. The summed E-state index contributed by atoms with van der Waals surface area (Å²) in [5.74, 6) is -1.22. The average Bonchev–Trinajstić information content (AvgIpc) is 3.48. The third kappa shape index (κ3) is 4.94. The van der Waals surface area contributed by atoms with E-state index >= 15 is 0 Å². The van der Waals surface area contributed by atoms with Crippen LogP contribution in [0.3, 0.4) is 0 Å². The molecule has 0 bridgehead atoms. The lowest BCUT2D eigenvalue weighted by Crippen LogP contribution is -2.25. The minimum absolute atomic E-state index is 0.0811. The fourth-order valence-electron chi connectivity index (χ4n) is 3.56. The normalized spacial score (nSPS) is 11.6. The smallest absolute Gasteiger partial charge is 0.275 e. The van der Waals surface area contributed by atoms with Crippen molar-refractivity contribution in [3.8, 4) is 12.1 Å². The Labute approximate surface area is 203 Å². The molecule has 0 fully saturated rings. The molecule has 8 nitrogen and oxygen atoms in total. The van der Waals surface area contributed by atoms with Gasteiger partial charge in [0.25, 0.3) is 5.91 Å². The Hall–Kier alpha value is -4.12. The second-order valence-electron chi connectivity index (χ2n) is 7.81. The molecule has 0 radical (unpaired) electrons. The van der Waals surface area contributed by atoms with E-state index in [0.29, 0.717) is 38.7 Å². The van der Waals surface area contributed by atoms with E-state index in [1.807, 2.05) is 26.0 Å². The Kier molecular flexibility index (Phi) is 6.64. The summed E-state index contributed by atoms with van der Waals surface area (Å²) in [7, 11) is 0. The number of benzene rings is 2. The molecule has 2 aromatic carbocycles. The maximum Gasteiger partial charge on any atom is 0.275 e. The molecular weight excluding hydrogens is 468 g/mol. The standard InChI is InChI=1S/C24H18N6O2S2/c1-13(2)21(16-6-14(9-25)5-15(7-16)10-26)23(32)30-24-29-18-4-3-17(8-20(18)34-24)28-22(31)19-11-33-12-27-19/h3-8,11-13,21H,1-2H3,(H,28,31)(H,29,30,32). The second-order valence-corrected chi connectivity index (χ2v) is 9.56. The van der Waals surface area contributed by atoms with Gasteiger partial charge in [-0.1, -0.05) is 25.2 Å². The quantitative estimate of drug-likeness (QED) is 0.388. The Bertz CT molecular complexity index is 1430. The van der Waals surface area contributed by atoms with Crippen LogP contribution in [-0.4, -0.2) is 21.8 Å². The van der Waals surface area contributed by atoms with Gasteiger partial charge in [-0.2, -0.15) is 10.5 Å². The molecule has 2 aromatic heterocycles. The lowest BCUT2D eigenvalue weighted by molar-refractivity contribution is -0.118. The van der Waals surface area contributed by atoms with Crippen molar-refractivity contribution in [2.45, 2.75) is 19.8 Å². The van der Waals surface area contributed by atoms with E-state index < -0.39 is 5.92 Å². The van der Waals surface area contributed by atoms with Gasteiger partial charge >= 0.3 is 0 Å². The van der Waals surface area contributed by atoms with Gasteiger partial charge in [0, 0.05) is 11.1 Å². The fourth-order valence-corrected chi connectivity index (χ4v) is 5.00. The zero-order chi connectivity index (χ0) is 24.2. The van der Waals surface area contributed by atoms with E-state index in [4.69, 9.17) is 0 Å². The minimum Gasteiger partial charge on any atom is -0.321 e. The molecule has 0 aliphatic carbocycles. The zero-order valence-corrected chi connectivity index (χ0v) is 19.8. The van der Waals surface area contributed by atoms with Crippen molar-refractivity contribution >= 4 is 55.5 Å². The summed E-state index contributed by atoms with van der Waals surface area (Å²) < 4.78 is 0.797. The lowest BCUT2D eigenvalue weighted by atomic mass is 9.86. The lowest BCUT2D eigenvalue weighted by Gasteiger charge is -2.20. The first-order valence-electron chi connectivity index (χ1n) is 10.2. The highest BCUT2D eigenvalue weighted by Crippen LogP contribution is 2.32. The number of thiazole rings is 2. The highest BCUT2D eigenvalue weighted by molar-refractivity contribution is 7.22. The number of nitriles is 2. The van der Waals surface area contributed by atoms with Gasteiger partial charge in [0.15, 0.2) is 5.13 Å². The van der Waals surface area contributed by atoms with E-state index in [9.17, 15) is 20.1 Å². The van der Waals surface area contributed by atoms with Crippen LogP contribution in [0, 0.1) is 28.6 Å². The SMILES string of the molecule is CC(C)C(C(=O)Nc1nc2ccc(NC(=O)c3cscn3)cc2s1)c1cc(C#N)cc(C#N)c1. The molecule has 1 unspecified atom stereocenters. The highest BCUT2D eigenvalue weighted by Gasteiger charge is 2.26. The third-order valence-corrected chi connectivity index (χ3v) is 6.58. The Morgan fingerprint density at radius 3 is 2.38 bits per heavy atom. The number of nitrogens with one attached hydrogen (secondary N) is 2. The van der Waals surface area contributed by atoms with Crippen molar-refractivity contribution in [3.63, 3.8) is 0 Å². The number of hydrogen-bond donors (Lipinski definition) is 2. The molecule has 2 N–H and O–H groups in total. The number of amides is 2. The average molecular weight is 487 g/mol. The maximum absolute atomic E-state index is 13.2. The minimum atomic E-state index is -0.569. The van der Waals surface area contributed by atoms with Crippen LogP contribution in [0.2, 0.25) is 0 Å². The predicted molar refractivity (Wildman–Crippen MR) is 132 cm³/mol. The first kappa shape index (κ1) is 23.1. The van der Waals surface area contributed by atoms with Crippen LogP contribution in [0.1, 0.15) is 46.9 Å². The molecule has 34 heavy (non-hydrogen) atoms. The summed E-state index contributed by atoms with van der Waals surface area (Å²) in [6.07, 6.45) is 0. The van der Waals surface area contributed by atoms with Crippen LogP contribution in [0.25, 0.3) is 10.2 Å². The van der Waals surface area contributed by atoms with Gasteiger partial charge in [0.05, 0.1) is 44.9 Å². The number of rotatable bonds is 6. The van der Waals surface area contributed by atoms with Gasteiger partial charge in [0.2, 0.25) is 5.91 Å². The number of aromatic nitrogens is 2. The molecule has 2 amide bonds.